The maximum Gasteiger partial charge on any atom is 0.322 e. The Morgan fingerprint density at radius 3 is 2.50 bits per heavy atom. The summed E-state index contributed by atoms with van der Waals surface area (Å²) in [5.41, 5.74) is 1.22. The van der Waals surface area contributed by atoms with Crippen LogP contribution in [0.3, 0.4) is 0 Å². The molecule has 4 heteroatoms. The largest absolute Gasteiger partial charge is 0.497 e. The molecule has 4 nitrogen and oxygen atoms in total. The lowest BCUT2D eigenvalue weighted by Gasteiger charge is -2.16. The van der Waals surface area contributed by atoms with Crippen molar-refractivity contribution in [1.82, 2.24) is 5.32 Å². The van der Waals surface area contributed by atoms with Gasteiger partial charge in [0.25, 0.3) is 0 Å². The first kappa shape index (κ1) is 16.5. The number of hydrogen-bond acceptors (Lipinski definition) is 4. The van der Waals surface area contributed by atoms with Gasteiger partial charge in [-0.05, 0) is 37.1 Å². The molecule has 20 heavy (non-hydrogen) atoms. The van der Waals surface area contributed by atoms with Gasteiger partial charge in [-0.2, -0.15) is 0 Å². The summed E-state index contributed by atoms with van der Waals surface area (Å²) in [6.45, 7) is 2.88. The van der Waals surface area contributed by atoms with Crippen molar-refractivity contribution < 1.29 is 14.3 Å². The van der Waals surface area contributed by atoms with Crippen molar-refractivity contribution in [2.45, 2.75) is 38.6 Å². The number of nitrogens with one attached hydrogen (secondary N) is 1. The van der Waals surface area contributed by atoms with Gasteiger partial charge in [-0.15, -0.1) is 0 Å². The van der Waals surface area contributed by atoms with Crippen LogP contribution in [0.1, 0.15) is 31.7 Å². The molecule has 0 radical (unpaired) electrons. The zero-order valence-electron chi connectivity index (χ0n) is 12.6. The molecule has 1 N–H and O–H groups in total. The molecule has 112 valence electrons. The van der Waals surface area contributed by atoms with E-state index in [1.807, 2.05) is 24.3 Å². The van der Waals surface area contributed by atoms with Crippen LogP contribution in [0.2, 0.25) is 0 Å². The molecule has 0 heterocycles. The molecule has 1 rings (SSSR count). The summed E-state index contributed by atoms with van der Waals surface area (Å²) >= 11 is 0. The minimum Gasteiger partial charge on any atom is -0.497 e. The van der Waals surface area contributed by atoms with Crippen LogP contribution in [0.4, 0.5) is 0 Å². The number of hydrogen-bond donors (Lipinski definition) is 1. The van der Waals surface area contributed by atoms with Crippen molar-refractivity contribution in [1.29, 1.82) is 0 Å². The molecule has 1 aromatic carbocycles. The average Bonchev–Trinajstić information content (AvgIpc) is 2.50. The molecule has 0 aliphatic heterocycles. The molecular weight excluding hydrogens is 254 g/mol. The number of ether oxygens (including phenoxy) is 2. The van der Waals surface area contributed by atoms with E-state index in [1.54, 1.807) is 7.11 Å². The summed E-state index contributed by atoms with van der Waals surface area (Å²) < 4.78 is 9.95. The van der Waals surface area contributed by atoms with E-state index in [0.717, 1.165) is 38.0 Å². The van der Waals surface area contributed by atoms with Gasteiger partial charge in [0.05, 0.1) is 14.2 Å². The Balaban J connectivity index is 2.40. The van der Waals surface area contributed by atoms with E-state index in [0.29, 0.717) is 0 Å². The number of unbranched alkanes of at least 4 members (excludes halogenated alkanes) is 1. The number of rotatable bonds is 9. The Kier molecular flexibility index (Phi) is 7.73. The molecule has 0 spiro atoms. The maximum atomic E-state index is 11.6. The maximum absolute atomic E-state index is 11.6. The summed E-state index contributed by atoms with van der Waals surface area (Å²) in [5, 5.41) is 3.28. The molecule has 0 saturated carbocycles. The van der Waals surface area contributed by atoms with E-state index >= 15 is 0 Å². The number of benzene rings is 1. The van der Waals surface area contributed by atoms with Crippen molar-refractivity contribution in [2.75, 3.05) is 20.8 Å². The van der Waals surface area contributed by atoms with Gasteiger partial charge in [-0.1, -0.05) is 31.9 Å². The highest BCUT2D eigenvalue weighted by atomic mass is 16.5. The second-order valence-electron chi connectivity index (χ2n) is 4.77. The van der Waals surface area contributed by atoms with Gasteiger partial charge in [-0.25, -0.2) is 0 Å². The Morgan fingerprint density at radius 2 is 1.95 bits per heavy atom. The van der Waals surface area contributed by atoms with Gasteiger partial charge < -0.3 is 14.8 Å². The molecule has 0 amide bonds. The van der Waals surface area contributed by atoms with Crippen molar-refractivity contribution in [3.05, 3.63) is 29.8 Å². The highest BCUT2D eigenvalue weighted by molar-refractivity contribution is 5.75. The monoisotopic (exact) mass is 279 g/mol. The molecule has 0 saturated heterocycles. The summed E-state index contributed by atoms with van der Waals surface area (Å²) in [7, 11) is 3.09. The average molecular weight is 279 g/mol. The fourth-order valence-corrected chi connectivity index (χ4v) is 2.04. The first-order valence-corrected chi connectivity index (χ1v) is 7.15. The summed E-state index contributed by atoms with van der Waals surface area (Å²) in [4.78, 5) is 11.6. The lowest BCUT2D eigenvalue weighted by atomic mass is 10.1. The smallest absolute Gasteiger partial charge is 0.322 e. The Hall–Kier alpha value is -1.55. The van der Waals surface area contributed by atoms with Crippen molar-refractivity contribution >= 4 is 5.97 Å². The number of esters is 1. The first-order valence-electron chi connectivity index (χ1n) is 7.15. The highest BCUT2D eigenvalue weighted by Gasteiger charge is 2.17. The van der Waals surface area contributed by atoms with E-state index in [4.69, 9.17) is 9.47 Å². The first-order chi connectivity index (χ1) is 9.71. The Morgan fingerprint density at radius 1 is 1.25 bits per heavy atom. The van der Waals surface area contributed by atoms with Crippen LogP contribution in [-0.2, 0) is 16.0 Å². The lowest BCUT2D eigenvalue weighted by molar-refractivity contribution is -0.143. The molecule has 0 aliphatic carbocycles. The second-order valence-corrected chi connectivity index (χ2v) is 4.77. The van der Waals surface area contributed by atoms with Gasteiger partial charge >= 0.3 is 5.97 Å². The SMILES string of the molecule is CCCCC(NCCc1ccc(OC)cc1)C(=O)OC. The molecule has 0 fully saturated rings. The minimum atomic E-state index is -0.196. The van der Waals surface area contributed by atoms with Gasteiger partial charge in [0.15, 0.2) is 0 Å². The van der Waals surface area contributed by atoms with Crippen LogP contribution in [0.15, 0.2) is 24.3 Å². The van der Waals surface area contributed by atoms with Crippen LogP contribution in [0.5, 0.6) is 5.75 Å². The predicted molar refractivity (Wildman–Crippen MR) is 80.0 cm³/mol. The van der Waals surface area contributed by atoms with Crippen LogP contribution < -0.4 is 10.1 Å². The van der Waals surface area contributed by atoms with Gasteiger partial charge in [-0.3, -0.25) is 4.79 Å². The topological polar surface area (TPSA) is 47.6 Å². The van der Waals surface area contributed by atoms with Crippen molar-refractivity contribution in [3.63, 3.8) is 0 Å². The fraction of sp³-hybridized carbons (Fsp3) is 0.562. The quantitative estimate of drug-likeness (QED) is 0.706. The molecule has 0 aliphatic rings. The van der Waals surface area contributed by atoms with Crippen LogP contribution >= 0.6 is 0 Å². The zero-order chi connectivity index (χ0) is 14.8. The molecule has 1 atom stereocenters. The number of carbonyl (C=O) groups excluding carboxylic acids is 1. The third kappa shape index (κ3) is 5.61. The summed E-state index contributed by atoms with van der Waals surface area (Å²) in [6.07, 6.45) is 3.80. The lowest BCUT2D eigenvalue weighted by Crippen LogP contribution is -2.38. The molecule has 0 bridgehead atoms. The third-order valence-corrected chi connectivity index (χ3v) is 3.30. The van der Waals surface area contributed by atoms with E-state index in [-0.39, 0.29) is 12.0 Å². The van der Waals surface area contributed by atoms with E-state index in [9.17, 15) is 4.79 Å². The van der Waals surface area contributed by atoms with Gasteiger partial charge in [0.2, 0.25) is 0 Å². The number of methoxy groups -OCH3 is 2. The highest BCUT2D eigenvalue weighted by Crippen LogP contribution is 2.11. The molecule has 0 aromatic heterocycles. The standard InChI is InChI=1S/C16H25NO3/c1-4-5-6-15(16(18)20-3)17-12-11-13-7-9-14(19-2)10-8-13/h7-10,15,17H,4-6,11-12H2,1-3H3. The fourth-order valence-electron chi connectivity index (χ4n) is 2.04. The van der Waals surface area contributed by atoms with Gasteiger partial charge in [0.1, 0.15) is 11.8 Å². The van der Waals surface area contributed by atoms with Crippen molar-refractivity contribution in [3.8, 4) is 5.75 Å². The minimum absolute atomic E-state index is 0.173. The van der Waals surface area contributed by atoms with Gasteiger partial charge in [0, 0.05) is 0 Å². The van der Waals surface area contributed by atoms with Crippen molar-refractivity contribution in [2.24, 2.45) is 0 Å². The summed E-state index contributed by atoms with van der Waals surface area (Å²) in [5.74, 6) is 0.685. The molecule has 1 aromatic rings. The molecular formula is C16H25NO3. The van der Waals surface area contributed by atoms with E-state index < -0.39 is 0 Å². The van der Waals surface area contributed by atoms with E-state index in [2.05, 4.69) is 12.2 Å². The van der Waals surface area contributed by atoms with Crippen LogP contribution in [0.25, 0.3) is 0 Å². The van der Waals surface area contributed by atoms with E-state index in [1.165, 1.54) is 12.7 Å². The normalized spacial score (nSPS) is 11.9. The number of carbonyl (C=O) groups is 1. The predicted octanol–water partition coefficient (Wildman–Crippen LogP) is 2.56. The van der Waals surface area contributed by atoms with Crippen LogP contribution in [0, 0.1) is 0 Å². The second kappa shape index (κ2) is 9.37. The Bertz CT molecular complexity index is 389. The molecule has 1 unspecified atom stereocenters. The summed E-state index contributed by atoms with van der Waals surface area (Å²) in [6, 6.07) is 7.78. The third-order valence-electron chi connectivity index (χ3n) is 3.30. The zero-order valence-corrected chi connectivity index (χ0v) is 12.6. The Labute approximate surface area is 121 Å². The van der Waals surface area contributed by atoms with Crippen LogP contribution in [-0.4, -0.2) is 32.8 Å².